The number of hydrogen-bond acceptors (Lipinski definition) is 3. The molecule has 4 nitrogen and oxygen atoms in total. The first kappa shape index (κ1) is 16.3. The first-order chi connectivity index (χ1) is 9.52. The number of nitrogens with one attached hydrogen (secondary N) is 1. The van der Waals surface area contributed by atoms with E-state index in [0.29, 0.717) is 11.4 Å². The molecule has 0 heterocycles. The third-order valence-electron chi connectivity index (χ3n) is 3.34. The predicted octanol–water partition coefficient (Wildman–Crippen LogP) is 3.99. The van der Waals surface area contributed by atoms with Crippen LogP contribution < -0.4 is 11.1 Å². The maximum atomic E-state index is 11.1. The van der Waals surface area contributed by atoms with Crippen molar-refractivity contribution in [3.63, 3.8) is 0 Å². The minimum atomic E-state index is -0.947. The average Bonchev–Trinajstić information content (AvgIpc) is 2.38. The van der Waals surface area contributed by atoms with Crippen LogP contribution in [0.25, 0.3) is 0 Å². The van der Waals surface area contributed by atoms with Crippen LogP contribution in [0.15, 0.2) is 18.2 Å². The Morgan fingerprint density at radius 1 is 1.25 bits per heavy atom. The number of hydrogen-bond donors (Lipinski definition) is 3. The Morgan fingerprint density at radius 2 is 1.95 bits per heavy atom. The average molecular weight is 278 g/mol. The van der Waals surface area contributed by atoms with Crippen LogP contribution in [0.1, 0.15) is 56.3 Å². The Kier molecular flexibility index (Phi) is 6.91. The second-order valence-electron chi connectivity index (χ2n) is 5.60. The maximum Gasteiger partial charge on any atom is 0.337 e. The predicted molar refractivity (Wildman–Crippen MR) is 84.2 cm³/mol. The molecule has 0 radical (unpaired) electrons. The minimum Gasteiger partial charge on any atom is -0.478 e. The highest BCUT2D eigenvalue weighted by atomic mass is 16.4. The van der Waals surface area contributed by atoms with Crippen molar-refractivity contribution in [3.05, 3.63) is 23.8 Å². The Labute approximate surface area is 121 Å². The van der Waals surface area contributed by atoms with Crippen molar-refractivity contribution in [1.29, 1.82) is 0 Å². The Hall–Kier alpha value is -1.71. The van der Waals surface area contributed by atoms with E-state index in [2.05, 4.69) is 19.2 Å². The summed E-state index contributed by atoms with van der Waals surface area (Å²) in [5.41, 5.74) is 7.10. The van der Waals surface area contributed by atoms with Gasteiger partial charge in [0.25, 0.3) is 0 Å². The van der Waals surface area contributed by atoms with E-state index in [1.165, 1.54) is 19.3 Å². The first-order valence-corrected chi connectivity index (χ1v) is 7.38. The molecule has 1 aromatic rings. The second-order valence-corrected chi connectivity index (χ2v) is 5.60. The number of rotatable bonds is 9. The van der Waals surface area contributed by atoms with Gasteiger partial charge >= 0.3 is 5.97 Å². The van der Waals surface area contributed by atoms with Gasteiger partial charge in [-0.3, -0.25) is 0 Å². The monoisotopic (exact) mass is 278 g/mol. The fourth-order valence-electron chi connectivity index (χ4n) is 2.19. The molecule has 0 bridgehead atoms. The minimum absolute atomic E-state index is 0.241. The highest BCUT2D eigenvalue weighted by Gasteiger charge is 2.11. The van der Waals surface area contributed by atoms with Crippen LogP contribution in [0.4, 0.5) is 11.4 Å². The SMILES string of the molecule is CC(C)CCCCCCNc1c(N)cccc1C(=O)O. The number of nitrogens with two attached hydrogens (primary N) is 1. The van der Waals surface area contributed by atoms with E-state index in [9.17, 15) is 4.79 Å². The van der Waals surface area contributed by atoms with Crippen LogP contribution in [0.3, 0.4) is 0 Å². The lowest BCUT2D eigenvalue weighted by atomic mass is 10.0. The number of benzene rings is 1. The Balaban J connectivity index is 2.33. The third-order valence-corrected chi connectivity index (χ3v) is 3.34. The lowest BCUT2D eigenvalue weighted by molar-refractivity contribution is 0.0698. The molecule has 4 N–H and O–H groups in total. The van der Waals surface area contributed by atoms with E-state index in [4.69, 9.17) is 10.8 Å². The maximum absolute atomic E-state index is 11.1. The summed E-state index contributed by atoms with van der Waals surface area (Å²) in [4.78, 5) is 11.1. The smallest absolute Gasteiger partial charge is 0.337 e. The topological polar surface area (TPSA) is 75.3 Å². The van der Waals surface area contributed by atoms with Crippen molar-refractivity contribution >= 4 is 17.3 Å². The Bertz CT molecular complexity index is 430. The van der Waals surface area contributed by atoms with E-state index in [1.54, 1.807) is 18.2 Å². The van der Waals surface area contributed by atoms with Crippen LogP contribution >= 0.6 is 0 Å². The van der Waals surface area contributed by atoms with Crippen molar-refractivity contribution in [1.82, 2.24) is 0 Å². The number of para-hydroxylation sites is 1. The third kappa shape index (κ3) is 5.51. The van der Waals surface area contributed by atoms with Gasteiger partial charge < -0.3 is 16.2 Å². The largest absolute Gasteiger partial charge is 0.478 e. The molecule has 0 aliphatic rings. The van der Waals surface area contributed by atoms with Gasteiger partial charge in [-0.15, -0.1) is 0 Å². The molecule has 0 fully saturated rings. The van der Waals surface area contributed by atoms with Gasteiger partial charge in [0.1, 0.15) is 0 Å². The molecular weight excluding hydrogens is 252 g/mol. The van der Waals surface area contributed by atoms with Crippen LogP contribution in [-0.2, 0) is 0 Å². The van der Waals surface area contributed by atoms with Crippen LogP contribution in [0, 0.1) is 5.92 Å². The van der Waals surface area contributed by atoms with E-state index < -0.39 is 5.97 Å². The number of aromatic carboxylic acids is 1. The molecule has 0 spiro atoms. The summed E-state index contributed by atoms with van der Waals surface area (Å²) in [7, 11) is 0. The number of carboxylic acid groups (broad SMARTS) is 1. The molecule has 0 saturated carbocycles. The molecule has 0 aromatic heterocycles. The molecule has 0 aliphatic heterocycles. The molecule has 1 rings (SSSR count). The molecule has 0 aliphatic carbocycles. The van der Waals surface area contributed by atoms with Gasteiger partial charge in [0.05, 0.1) is 16.9 Å². The molecule has 0 unspecified atom stereocenters. The molecule has 112 valence electrons. The molecule has 1 aromatic carbocycles. The summed E-state index contributed by atoms with van der Waals surface area (Å²) in [6.07, 6.45) is 5.98. The molecule has 0 amide bonds. The second kappa shape index (κ2) is 8.46. The number of carbonyl (C=O) groups is 1. The lowest BCUT2D eigenvalue weighted by Crippen LogP contribution is -2.10. The summed E-state index contributed by atoms with van der Waals surface area (Å²) >= 11 is 0. The van der Waals surface area contributed by atoms with Crippen LogP contribution in [0.2, 0.25) is 0 Å². The first-order valence-electron chi connectivity index (χ1n) is 7.38. The van der Waals surface area contributed by atoms with Gasteiger partial charge in [0.2, 0.25) is 0 Å². The van der Waals surface area contributed by atoms with Gasteiger partial charge in [0.15, 0.2) is 0 Å². The van der Waals surface area contributed by atoms with Crippen LogP contribution in [0.5, 0.6) is 0 Å². The van der Waals surface area contributed by atoms with E-state index >= 15 is 0 Å². The van der Waals surface area contributed by atoms with Crippen molar-refractivity contribution < 1.29 is 9.90 Å². The Morgan fingerprint density at radius 3 is 2.60 bits per heavy atom. The summed E-state index contributed by atoms with van der Waals surface area (Å²) in [6.45, 7) is 5.25. The van der Waals surface area contributed by atoms with Crippen molar-refractivity contribution in [2.24, 2.45) is 5.92 Å². The summed E-state index contributed by atoms with van der Waals surface area (Å²) in [6, 6.07) is 4.96. The van der Waals surface area contributed by atoms with Crippen molar-refractivity contribution in [2.45, 2.75) is 46.0 Å². The van der Waals surface area contributed by atoms with Gasteiger partial charge in [-0.25, -0.2) is 4.79 Å². The summed E-state index contributed by atoms with van der Waals surface area (Å²) in [5, 5.41) is 12.3. The number of unbranched alkanes of at least 4 members (excludes halogenated alkanes) is 3. The summed E-state index contributed by atoms with van der Waals surface area (Å²) in [5.74, 6) is -0.174. The van der Waals surface area contributed by atoms with E-state index in [-0.39, 0.29) is 5.56 Å². The number of anilines is 2. The molecule has 0 saturated heterocycles. The van der Waals surface area contributed by atoms with Crippen LogP contribution in [-0.4, -0.2) is 17.6 Å². The molecular formula is C16H26N2O2. The number of carboxylic acids is 1. The highest BCUT2D eigenvalue weighted by molar-refractivity contribution is 5.97. The highest BCUT2D eigenvalue weighted by Crippen LogP contribution is 2.23. The normalized spacial score (nSPS) is 10.8. The van der Waals surface area contributed by atoms with Crippen molar-refractivity contribution in [3.8, 4) is 0 Å². The summed E-state index contributed by atoms with van der Waals surface area (Å²) < 4.78 is 0. The zero-order valence-electron chi connectivity index (χ0n) is 12.5. The van der Waals surface area contributed by atoms with E-state index in [1.807, 2.05) is 0 Å². The fourth-order valence-corrected chi connectivity index (χ4v) is 2.19. The quantitative estimate of drug-likeness (QED) is 0.471. The van der Waals surface area contributed by atoms with Gasteiger partial charge in [-0.1, -0.05) is 45.6 Å². The fraction of sp³-hybridized carbons (Fsp3) is 0.562. The van der Waals surface area contributed by atoms with Gasteiger partial charge in [-0.2, -0.15) is 0 Å². The molecule has 4 heteroatoms. The van der Waals surface area contributed by atoms with Gasteiger partial charge in [0, 0.05) is 6.54 Å². The zero-order chi connectivity index (χ0) is 15.0. The lowest BCUT2D eigenvalue weighted by Gasteiger charge is -2.12. The molecule has 0 atom stereocenters. The zero-order valence-corrected chi connectivity index (χ0v) is 12.5. The number of nitrogen functional groups attached to an aromatic ring is 1. The molecule has 20 heavy (non-hydrogen) atoms. The standard InChI is InChI=1S/C16H26N2O2/c1-12(2)8-5-3-4-6-11-18-15-13(16(19)20)9-7-10-14(15)17/h7,9-10,12,18H,3-6,8,11,17H2,1-2H3,(H,19,20). The van der Waals surface area contributed by atoms with Gasteiger partial charge in [-0.05, 0) is 24.5 Å². The van der Waals surface area contributed by atoms with E-state index in [0.717, 1.165) is 25.3 Å². The van der Waals surface area contributed by atoms with Crippen molar-refractivity contribution in [2.75, 3.05) is 17.6 Å².